The maximum atomic E-state index is 12.7. The predicted octanol–water partition coefficient (Wildman–Crippen LogP) is 4.75. The second kappa shape index (κ2) is 21.4. The lowest BCUT2D eigenvalue weighted by atomic mass is 10.0. The van der Waals surface area contributed by atoms with Crippen molar-refractivity contribution < 1.29 is 57.9 Å². The van der Waals surface area contributed by atoms with Crippen molar-refractivity contribution in [2.75, 3.05) is 46.2 Å². The van der Waals surface area contributed by atoms with Crippen LogP contribution in [0.15, 0.2) is 42.5 Å². The molecule has 2 aromatic rings. The zero-order chi connectivity index (χ0) is 32.9. The Morgan fingerprint density at radius 2 is 1.16 bits per heavy atom. The summed E-state index contributed by atoms with van der Waals surface area (Å²) in [6.07, 6.45) is 2.77. The third kappa shape index (κ3) is 16.4. The molecule has 0 bridgehead atoms. The average molecular weight is 631 g/mol. The molecule has 2 aromatic carbocycles. The van der Waals surface area contributed by atoms with E-state index >= 15 is 0 Å². The van der Waals surface area contributed by atoms with Crippen LogP contribution in [0.5, 0.6) is 11.5 Å². The minimum atomic E-state index is -0.946. The molecule has 2 rings (SSSR count). The molecule has 0 unspecified atom stereocenters. The number of carbonyl (C=O) groups is 5. The molecule has 0 radical (unpaired) electrons. The number of carbonyl (C=O) groups excluding carboxylic acids is 3. The van der Waals surface area contributed by atoms with Gasteiger partial charge in [0, 0.05) is 26.1 Å². The summed E-state index contributed by atoms with van der Waals surface area (Å²) in [5.41, 5.74) is 1.67. The Kier molecular flexibility index (Phi) is 17.6. The summed E-state index contributed by atoms with van der Waals surface area (Å²) in [4.78, 5) is 58.2. The highest BCUT2D eigenvalue weighted by Gasteiger charge is 2.14. The van der Waals surface area contributed by atoms with Crippen molar-refractivity contribution in [3.05, 3.63) is 48.0 Å². The van der Waals surface area contributed by atoms with Gasteiger partial charge in [-0.25, -0.2) is 4.79 Å². The smallest absolute Gasteiger partial charge is 0.338 e. The quantitative estimate of drug-likeness (QED) is 0.114. The van der Waals surface area contributed by atoms with Crippen molar-refractivity contribution >= 4 is 29.5 Å². The van der Waals surface area contributed by atoms with E-state index in [0.717, 1.165) is 18.4 Å². The van der Waals surface area contributed by atoms with Crippen LogP contribution in [0.3, 0.4) is 0 Å². The number of ether oxygens (including phenoxy) is 5. The zero-order valence-electron chi connectivity index (χ0n) is 25.6. The Hall–Kier alpha value is -4.29. The number of hydrogen-bond acceptors (Lipinski definition) is 10. The molecule has 0 spiro atoms. The van der Waals surface area contributed by atoms with Crippen molar-refractivity contribution in [3.63, 3.8) is 0 Å². The van der Waals surface area contributed by atoms with Crippen LogP contribution >= 0.6 is 0 Å². The number of esters is 1. The highest BCUT2D eigenvalue weighted by Crippen LogP contribution is 2.28. The van der Waals surface area contributed by atoms with Crippen LogP contribution in [-0.2, 0) is 33.4 Å². The summed E-state index contributed by atoms with van der Waals surface area (Å²) in [5.74, 6) is -1.87. The number of aliphatic carboxylic acids is 2. The lowest BCUT2D eigenvalue weighted by molar-refractivity contribution is -0.139. The number of benzene rings is 2. The number of carboxylic acids is 2. The van der Waals surface area contributed by atoms with Gasteiger partial charge in [0.15, 0.2) is 11.6 Å². The Labute approximate surface area is 262 Å². The fourth-order valence-electron chi connectivity index (χ4n) is 3.84. The van der Waals surface area contributed by atoms with E-state index in [1.165, 1.54) is 6.07 Å². The largest absolute Gasteiger partial charge is 0.486 e. The summed E-state index contributed by atoms with van der Waals surface area (Å²) >= 11 is 0. The second-order valence-electron chi connectivity index (χ2n) is 10.1. The normalized spacial score (nSPS) is 10.7. The SMILES string of the molecule is CCCCOC(=O)c1cc(OCC(=O)CCCOCCC(=O)O)cc(-c2ccc(OCC(=O)CCCOCCC(=O)O)cc2)c1. The minimum absolute atomic E-state index is 0.0789. The monoisotopic (exact) mass is 630 g/mol. The second-order valence-corrected chi connectivity index (χ2v) is 10.1. The van der Waals surface area contributed by atoms with Crippen LogP contribution in [0, 0.1) is 0 Å². The van der Waals surface area contributed by atoms with Crippen LogP contribution in [-0.4, -0.2) is 85.9 Å². The third-order valence-electron chi connectivity index (χ3n) is 6.27. The molecule has 0 aliphatic carbocycles. The van der Waals surface area contributed by atoms with Gasteiger partial charge in [-0.05, 0) is 60.7 Å². The van der Waals surface area contributed by atoms with Crippen LogP contribution in [0.2, 0.25) is 0 Å². The number of Topliss-reactive ketones (excluding diaryl/α,β-unsaturated/α-hetero) is 2. The van der Waals surface area contributed by atoms with Crippen LogP contribution < -0.4 is 9.47 Å². The van der Waals surface area contributed by atoms with Gasteiger partial charge in [0.05, 0.1) is 38.2 Å². The number of hydrogen-bond donors (Lipinski definition) is 2. The lowest BCUT2D eigenvalue weighted by Crippen LogP contribution is -2.13. The Morgan fingerprint density at radius 1 is 0.600 bits per heavy atom. The maximum absolute atomic E-state index is 12.7. The van der Waals surface area contributed by atoms with Crippen LogP contribution in [0.4, 0.5) is 0 Å². The summed E-state index contributed by atoms with van der Waals surface area (Å²) in [5, 5.41) is 17.2. The van der Waals surface area contributed by atoms with E-state index in [4.69, 9.17) is 33.9 Å². The molecule has 0 aromatic heterocycles. The highest BCUT2D eigenvalue weighted by molar-refractivity contribution is 5.92. The lowest BCUT2D eigenvalue weighted by Gasteiger charge is -2.12. The average Bonchev–Trinajstić information content (AvgIpc) is 3.02. The first-order valence-corrected chi connectivity index (χ1v) is 15.0. The Morgan fingerprint density at radius 3 is 1.69 bits per heavy atom. The van der Waals surface area contributed by atoms with Crippen molar-refractivity contribution in [1.29, 1.82) is 0 Å². The van der Waals surface area contributed by atoms with Crippen molar-refractivity contribution in [1.82, 2.24) is 0 Å². The van der Waals surface area contributed by atoms with Gasteiger partial charge in [-0.15, -0.1) is 0 Å². The first-order valence-electron chi connectivity index (χ1n) is 15.0. The van der Waals surface area contributed by atoms with Crippen molar-refractivity contribution in [3.8, 4) is 22.6 Å². The standard InChI is InChI=1S/C33H42O12/c1-2-3-16-43-33(40)26-19-25(20-30(21-26)45-23-28(35)7-5-15-42-18-13-32(38)39)24-8-10-29(11-9-24)44-22-27(34)6-4-14-41-17-12-31(36)37/h8-11,19-21H,2-7,12-18,22-23H2,1H3,(H,36,37)(H,38,39). The van der Waals surface area contributed by atoms with E-state index in [9.17, 15) is 24.0 Å². The molecular weight excluding hydrogens is 588 g/mol. The first-order chi connectivity index (χ1) is 21.7. The topological polar surface area (TPSA) is 172 Å². The van der Waals surface area contributed by atoms with Gasteiger partial charge in [-0.2, -0.15) is 0 Å². The van der Waals surface area contributed by atoms with E-state index in [1.54, 1.807) is 36.4 Å². The van der Waals surface area contributed by atoms with Gasteiger partial charge in [0.25, 0.3) is 0 Å². The molecule has 0 heterocycles. The Balaban J connectivity index is 1.96. The van der Waals surface area contributed by atoms with Gasteiger partial charge in [0.2, 0.25) is 0 Å². The van der Waals surface area contributed by atoms with Gasteiger partial charge in [-0.1, -0.05) is 25.5 Å². The first kappa shape index (κ1) is 36.9. The summed E-state index contributed by atoms with van der Waals surface area (Å²) < 4.78 is 27.1. The van der Waals surface area contributed by atoms with E-state index in [2.05, 4.69) is 0 Å². The van der Waals surface area contributed by atoms with Crippen LogP contribution in [0.25, 0.3) is 11.1 Å². The predicted molar refractivity (Wildman–Crippen MR) is 163 cm³/mol. The van der Waals surface area contributed by atoms with Gasteiger partial charge < -0.3 is 33.9 Å². The molecule has 0 aliphatic heterocycles. The molecule has 0 saturated carbocycles. The zero-order valence-corrected chi connectivity index (χ0v) is 25.6. The molecule has 12 heteroatoms. The van der Waals surface area contributed by atoms with E-state index in [1.807, 2.05) is 6.92 Å². The number of unbranched alkanes of at least 4 members (excludes halogenated alkanes) is 1. The highest BCUT2D eigenvalue weighted by atomic mass is 16.5. The summed E-state index contributed by atoms with van der Waals surface area (Å²) in [7, 11) is 0. The molecular formula is C33H42O12. The molecule has 0 aliphatic rings. The van der Waals surface area contributed by atoms with Crippen molar-refractivity contribution in [2.45, 2.75) is 58.3 Å². The van der Waals surface area contributed by atoms with Gasteiger partial charge >= 0.3 is 17.9 Å². The van der Waals surface area contributed by atoms with E-state index in [-0.39, 0.29) is 82.5 Å². The van der Waals surface area contributed by atoms with E-state index in [0.29, 0.717) is 36.5 Å². The molecule has 12 nitrogen and oxygen atoms in total. The molecule has 0 atom stereocenters. The third-order valence-corrected chi connectivity index (χ3v) is 6.27. The number of rotatable bonds is 25. The van der Waals surface area contributed by atoms with Gasteiger partial charge in [0.1, 0.15) is 24.7 Å². The van der Waals surface area contributed by atoms with Gasteiger partial charge in [-0.3, -0.25) is 19.2 Å². The summed E-state index contributed by atoms with van der Waals surface area (Å²) in [6, 6.07) is 11.9. The fourth-order valence-corrected chi connectivity index (χ4v) is 3.84. The summed E-state index contributed by atoms with van der Waals surface area (Å²) in [6.45, 7) is 2.70. The minimum Gasteiger partial charge on any atom is -0.486 e. The molecule has 0 fully saturated rings. The Bertz CT molecular complexity index is 1240. The van der Waals surface area contributed by atoms with Crippen LogP contribution in [0.1, 0.15) is 68.6 Å². The fraction of sp³-hybridized carbons (Fsp3) is 0.485. The maximum Gasteiger partial charge on any atom is 0.338 e. The van der Waals surface area contributed by atoms with Crippen molar-refractivity contribution in [2.24, 2.45) is 0 Å². The molecule has 0 saturated heterocycles. The molecule has 246 valence electrons. The number of ketones is 2. The number of carboxylic acid groups (broad SMARTS) is 2. The molecule has 0 amide bonds. The molecule has 2 N–H and O–H groups in total. The van der Waals surface area contributed by atoms with E-state index < -0.39 is 17.9 Å². The molecule has 45 heavy (non-hydrogen) atoms.